The monoisotopic (exact) mass is 381 g/mol. The predicted octanol–water partition coefficient (Wildman–Crippen LogP) is 4.27. The molecule has 0 aliphatic rings. The fourth-order valence-corrected chi connectivity index (χ4v) is 3.70. The average molecular weight is 382 g/mol. The minimum Gasteiger partial charge on any atom is -0.324 e. The summed E-state index contributed by atoms with van der Waals surface area (Å²) in [5.74, 6) is -0.358. The molecule has 1 aromatic carbocycles. The largest absolute Gasteiger partial charge is 0.324 e. The van der Waals surface area contributed by atoms with Gasteiger partial charge in [0, 0.05) is 20.6 Å². The van der Waals surface area contributed by atoms with Crippen LogP contribution >= 0.6 is 34.5 Å². The number of hydrogen-bond donors (Lipinski definition) is 1. The summed E-state index contributed by atoms with van der Waals surface area (Å²) in [6.45, 7) is 3.55. The van der Waals surface area contributed by atoms with Crippen LogP contribution in [-0.2, 0) is 4.79 Å². The Morgan fingerprint density at radius 3 is 2.58 bits per heavy atom. The molecule has 0 saturated carbocycles. The molecule has 2 aromatic heterocycles. The maximum Gasteiger partial charge on any atom is 0.262 e. The molecule has 1 amide bonds. The number of benzene rings is 1. The number of fused-ring (bicyclic) bond motifs is 1. The zero-order chi connectivity index (χ0) is 17.4. The Morgan fingerprint density at radius 1 is 1.25 bits per heavy atom. The van der Waals surface area contributed by atoms with Gasteiger partial charge in [-0.1, -0.05) is 23.2 Å². The lowest BCUT2D eigenvalue weighted by molar-refractivity contribution is -0.118. The molecule has 0 aliphatic carbocycles. The quantitative estimate of drug-likeness (QED) is 0.736. The van der Waals surface area contributed by atoms with Crippen LogP contribution in [0.2, 0.25) is 10.0 Å². The van der Waals surface area contributed by atoms with Crippen LogP contribution in [0, 0.1) is 6.92 Å². The van der Waals surface area contributed by atoms with E-state index in [-0.39, 0.29) is 11.5 Å². The van der Waals surface area contributed by atoms with E-state index in [9.17, 15) is 9.59 Å². The Labute approximate surface area is 151 Å². The molecular formula is C16H13Cl2N3O2S. The summed E-state index contributed by atoms with van der Waals surface area (Å²) in [4.78, 5) is 30.9. The lowest BCUT2D eigenvalue weighted by Crippen LogP contribution is -2.31. The maximum atomic E-state index is 12.6. The number of carbonyl (C=O) groups excluding carboxylic acids is 1. The molecule has 1 N–H and O–H groups in total. The molecule has 0 saturated heterocycles. The van der Waals surface area contributed by atoms with E-state index < -0.39 is 6.04 Å². The summed E-state index contributed by atoms with van der Waals surface area (Å²) in [5.41, 5.74) is 0.231. The summed E-state index contributed by atoms with van der Waals surface area (Å²) in [5, 5.41) is 4.06. The van der Waals surface area contributed by atoms with E-state index in [2.05, 4.69) is 10.3 Å². The molecule has 124 valence electrons. The Balaban J connectivity index is 1.90. The molecule has 0 fully saturated rings. The van der Waals surface area contributed by atoms with Gasteiger partial charge >= 0.3 is 0 Å². The molecule has 1 atom stereocenters. The average Bonchev–Trinajstić information content (AvgIpc) is 2.87. The van der Waals surface area contributed by atoms with E-state index in [0.29, 0.717) is 25.9 Å². The summed E-state index contributed by atoms with van der Waals surface area (Å²) in [6.07, 6.45) is 1.40. The first kappa shape index (κ1) is 17.0. The first-order valence-corrected chi connectivity index (χ1v) is 8.66. The van der Waals surface area contributed by atoms with E-state index >= 15 is 0 Å². The second kappa shape index (κ2) is 6.55. The Bertz CT molecular complexity index is 976. The van der Waals surface area contributed by atoms with Crippen LogP contribution in [0.5, 0.6) is 0 Å². The van der Waals surface area contributed by atoms with Crippen molar-refractivity contribution in [3.05, 3.63) is 55.9 Å². The second-order valence-electron chi connectivity index (χ2n) is 5.36. The molecule has 0 radical (unpaired) electrons. The standard InChI is InChI=1S/C16H13Cl2N3O2S/c1-8-3-13-15(24-8)19-7-21(16(13)23)9(2)14(22)20-12-5-10(17)4-11(18)6-12/h3-7,9H,1-2H3,(H,20,22). The number of aromatic nitrogens is 2. The first-order chi connectivity index (χ1) is 11.3. The number of carbonyl (C=O) groups is 1. The molecule has 2 heterocycles. The molecule has 0 bridgehead atoms. The van der Waals surface area contributed by atoms with E-state index in [0.717, 1.165) is 4.88 Å². The summed E-state index contributed by atoms with van der Waals surface area (Å²) >= 11 is 13.3. The van der Waals surface area contributed by atoms with Crippen LogP contribution < -0.4 is 10.9 Å². The van der Waals surface area contributed by atoms with Gasteiger partial charge in [0.2, 0.25) is 5.91 Å². The SMILES string of the molecule is Cc1cc2c(=O)n(C(C)C(=O)Nc3cc(Cl)cc(Cl)c3)cnc2s1. The highest BCUT2D eigenvalue weighted by Gasteiger charge is 2.19. The number of amides is 1. The first-order valence-electron chi connectivity index (χ1n) is 7.09. The molecular weight excluding hydrogens is 369 g/mol. The molecule has 3 aromatic rings. The molecule has 24 heavy (non-hydrogen) atoms. The number of rotatable bonds is 3. The maximum absolute atomic E-state index is 12.6. The van der Waals surface area contributed by atoms with Crippen molar-refractivity contribution in [1.82, 2.24) is 9.55 Å². The van der Waals surface area contributed by atoms with Gasteiger partial charge in [-0.05, 0) is 38.1 Å². The van der Waals surface area contributed by atoms with Crippen molar-refractivity contribution in [2.75, 3.05) is 5.32 Å². The second-order valence-corrected chi connectivity index (χ2v) is 7.46. The van der Waals surface area contributed by atoms with Crippen molar-refractivity contribution < 1.29 is 4.79 Å². The predicted molar refractivity (Wildman–Crippen MR) is 98.4 cm³/mol. The van der Waals surface area contributed by atoms with E-state index in [1.54, 1.807) is 31.2 Å². The van der Waals surface area contributed by atoms with Gasteiger partial charge in [0.05, 0.1) is 11.7 Å². The van der Waals surface area contributed by atoms with Gasteiger partial charge in [-0.25, -0.2) is 4.98 Å². The molecule has 5 nitrogen and oxygen atoms in total. The summed E-state index contributed by atoms with van der Waals surface area (Å²) in [7, 11) is 0. The molecule has 8 heteroatoms. The normalized spacial score (nSPS) is 12.3. The number of anilines is 1. The molecule has 0 spiro atoms. The fourth-order valence-electron chi connectivity index (χ4n) is 2.33. The third-order valence-electron chi connectivity index (χ3n) is 3.53. The van der Waals surface area contributed by atoms with E-state index in [4.69, 9.17) is 23.2 Å². The number of nitrogens with one attached hydrogen (secondary N) is 1. The highest BCUT2D eigenvalue weighted by atomic mass is 35.5. The van der Waals surface area contributed by atoms with Crippen LogP contribution in [-0.4, -0.2) is 15.5 Å². The van der Waals surface area contributed by atoms with Crippen LogP contribution in [0.1, 0.15) is 17.8 Å². The Kier molecular flexibility index (Phi) is 4.62. The van der Waals surface area contributed by atoms with Gasteiger partial charge < -0.3 is 5.32 Å². The highest BCUT2D eigenvalue weighted by molar-refractivity contribution is 7.18. The summed E-state index contributed by atoms with van der Waals surface area (Å²) < 4.78 is 1.32. The van der Waals surface area contributed by atoms with E-state index in [1.807, 2.05) is 6.92 Å². The molecule has 0 aliphatic heterocycles. The van der Waals surface area contributed by atoms with Crippen LogP contribution in [0.4, 0.5) is 5.69 Å². The van der Waals surface area contributed by atoms with Gasteiger partial charge in [0.15, 0.2) is 0 Å². The van der Waals surface area contributed by atoms with E-state index in [1.165, 1.54) is 22.2 Å². The Hall–Kier alpha value is -1.89. The lowest BCUT2D eigenvalue weighted by Gasteiger charge is -2.15. The van der Waals surface area contributed by atoms with Crippen molar-refractivity contribution in [2.45, 2.75) is 19.9 Å². The van der Waals surface area contributed by atoms with Gasteiger partial charge in [-0.15, -0.1) is 11.3 Å². The fraction of sp³-hybridized carbons (Fsp3) is 0.188. The molecule has 1 unspecified atom stereocenters. The number of halogens is 2. The smallest absolute Gasteiger partial charge is 0.262 e. The number of aryl methyl sites for hydroxylation is 1. The van der Waals surface area contributed by atoms with Crippen molar-refractivity contribution in [3.63, 3.8) is 0 Å². The highest BCUT2D eigenvalue weighted by Crippen LogP contribution is 2.24. The number of thiophene rings is 1. The Morgan fingerprint density at radius 2 is 1.92 bits per heavy atom. The zero-order valence-corrected chi connectivity index (χ0v) is 15.2. The van der Waals surface area contributed by atoms with Crippen molar-refractivity contribution in [3.8, 4) is 0 Å². The van der Waals surface area contributed by atoms with Crippen LogP contribution in [0.25, 0.3) is 10.2 Å². The number of hydrogen-bond acceptors (Lipinski definition) is 4. The van der Waals surface area contributed by atoms with Crippen molar-refractivity contribution in [1.29, 1.82) is 0 Å². The minimum absolute atomic E-state index is 0.240. The van der Waals surface area contributed by atoms with Gasteiger partial charge in [-0.2, -0.15) is 0 Å². The molecule has 3 rings (SSSR count). The van der Waals surface area contributed by atoms with Gasteiger partial charge in [-0.3, -0.25) is 14.2 Å². The van der Waals surface area contributed by atoms with Crippen LogP contribution in [0.15, 0.2) is 35.4 Å². The zero-order valence-electron chi connectivity index (χ0n) is 12.8. The number of nitrogens with zero attached hydrogens (tertiary/aromatic N) is 2. The van der Waals surface area contributed by atoms with Gasteiger partial charge in [0.1, 0.15) is 10.9 Å². The van der Waals surface area contributed by atoms with Crippen molar-refractivity contribution in [2.24, 2.45) is 0 Å². The third kappa shape index (κ3) is 3.31. The summed E-state index contributed by atoms with van der Waals surface area (Å²) in [6, 6.07) is 5.80. The lowest BCUT2D eigenvalue weighted by atomic mass is 10.2. The van der Waals surface area contributed by atoms with Crippen LogP contribution in [0.3, 0.4) is 0 Å². The topological polar surface area (TPSA) is 64.0 Å². The van der Waals surface area contributed by atoms with Gasteiger partial charge in [0.25, 0.3) is 5.56 Å². The van der Waals surface area contributed by atoms with Crippen molar-refractivity contribution >= 4 is 56.3 Å². The minimum atomic E-state index is -0.729. The third-order valence-corrected chi connectivity index (χ3v) is 4.92.